The number of nitrogens with zero attached hydrogens (tertiary/aromatic N) is 1. The molecule has 2 aromatic carbocycles. The van der Waals surface area contributed by atoms with Gasteiger partial charge in [0.1, 0.15) is 17.1 Å². The van der Waals surface area contributed by atoms with Crippen molar-refractivity contribution in [2.75, 3.05) is 19.7 Å². The maximum absolute atomic E-state index is 12.4. The van der Waals surface area contributed by atoms with E-state index in [4.69, 9.17) is 9.47 Å². The van der Waals surface area contributed by atoms with E-state index in [1.807, 2.05) is 32.0 Å². The van der Waals surface area contributed by atoms with Crippen molar-refractivity contribution in [2.24, 2.45) is 0 Å². The van der Waals surface area contributed by atoms with Crippen molar-refractivity contribution < 1.29 is 19.1 Å². The van der Waals surface area contributed by atoms with E-state index in [9.17, 15) is 9.59 Å². The first-order valence-corrected chi connectivity index (χ1v) is 8.42. The average molecular weight is 353 g/mol. The topological polar surface area (TPSA) is 55.8 Å². The number of likely N-dealkylation sites (N-methyl/N-ethyl adjacent to an activating group) is 1. The highest BCUT2D eigenvalue weighted by molar-refractivity contribution is 5.94. The Morgan fingerprint density at radius 3 is 2.35 bits per heavy atom. The first-order valence-electron chi connectivity index (χ1n) is 8.42. The molecule has 0 saturated carbocycles. The Balaban J connectivity index is 2.03. The number of esters is 1. The largest absolute Gasteiger partial charge is 0.456 e. The highest BCUT2D eigenvalue weighted by Crippen LogP contribution is 2.25. The zero-order valence-corrected chi connectivity index (χ0v) is 15.1. The van der Waals surface area contributed by atoms with E-state index >= 15 is 0 Å². The van der Waals surface area contributed by atoms with Crippen molar-refractivity contribution in [3.63, 3.8) is 0 Å². The Morgan fingerprint density at radius 2 is 1.69 bits per heavy atom. The van der Waals surface area contributed by atoms with Gasteiger partial charge in [0, 0.05) is 13.1 Å². The van der Waals surface area contributed by atoms with Crippen molar-refractivity contribution in [1.82, 2.24) is 4.90 Å². The summed E-state index contributed by atoms with van der Waals surface area (Å²) in [4.78, 5) is 26.2. The minimum atomic E-state index is -0.601. The lowest BCUT2D eigenvalue weighted by Gasteiger charge is -2.20. The minimum absolute atomic E-state index is 0.259. The zero-order chi connectivity index (χ0) is 18.9. The summed E-state index contributed by atoms with van der Waals surface area (Å²) < 4.78 is 10.9. The van der Waals surface area contributed by atoms with Crippen molar-refractivity contribution in [2.45, 2.75) is 13.8 Å². The molecule has 0 heterocycles. The van der Waals surface area contributed by atoms with Gasteiger partial charge in [0.15, 0.2) is 6.61 Å². The Hall–Kier alpha value is -3.08. The van der Waals surface area contributed by atoms with E-state index in [1.54, 1.807) is 41.3 Å². The van der Waals surface area contributed by atoms with Gasteiger partial charge in [0.2, 0.25) is 0 Å². The number of amides is 1. The molecule has 0 atom stereocenters. The highest BCUT2D eigenvalue weighted by atomic mass is 16.5. The van der Waals surface area contributed by atoms with Crippen LogP contribution in [0.25, 0.3) is 0 Å². The van der Waals surface area contributed by atoms with Gasteiger partial charge in [-0.25, -0.2) is 4.79 Å². The molecule has 0 aliphatic carbocycles. The second kappa shape index (κ2) is 9.42. The molecule has 0 N–H and O–H groups in total. The van der Waals surface area contributed by atoms with Crippen LogP contribution in [0.3, 0.4) is 0 Å². The minimum Gasteiger partial charge on any atom is -0.456 e. The van der Waals surface area contributed by atoms with E-state index in [0.717, 1.165) is 5.57 Å². The molecule has 0 fully saturated rings. The van der Waals surface area contributed by atoms with Crippen LogP contribution in [0.1, 0.15) is 24.2 Å². The lowest BCUT2D eigenvalue weighted by molar-refractivity contribution is -0.133. The molecule has 0 spiro atoms. The number of carbonyl (C=O) groups excluding carboxylic acids is 2. The average Bonchev–Trinajstić information content (AvgIpc) is 2.65. The third-order valence-corrected chi connectivity index (χ3v) is 3.60. The normalized spacial score (nSPS) is 10.1. The zero-order valence-electron chi connectivity index (χ0n) is 15.1. The van der Waals surface area contributed by atoms with E-state index < -0.39 is 5.97 Å². The molecule has 26 heavy (non-hydrogen) atoms. The molecule has 0 aliphatic rings. The van der Waals surface area contributed by atoms with Gasteiger partial charge >= 0.3 is 5.97 Å². The van der Waals surface area contributed by atoms with Gasteiger partial charge in [-0.05, 0) is 38.1 Å². The number of rotatable bonds is 8. The fourth-order valence-electron chi connectivity index (χ4n) is 2.34. The molecule has 0 unspecified atom stereocenters. The summed E-state index contributed by atoms with van der Waals surface area (Å²) in [5, 5.41) is 0. The molecule has 0 aromatic heterocycles. The van der Waals surface area contributed by atoms with Crippen LogP contribution in [-0.4, -0.2) is 36.5 Å². The van der Waals surface area contributed by atoms with Crippen LogP contribution < -0.4 is 4.74 Å². The SMILES string of the molecule is C=C(C)CN(CC)C(=O)COC(=O)c1ccccc1Oc1ccccc1. The first kappa shape index (κ1) is 19.2. The summed E-state index contributed by atoms with van der Waals surface area (Å²) in [5.74, 6) is 0.134. The smallest absolute Gasteiger partial charge is 0.342 e. The Labute approximate surface area is 153 Å². The van der Waals surface area contributed by atoms with E-state index in [2.05, 4.69) is 6.58 Å². The predicted molar refractivity (Wildman–Crippen MR) is 100 cm³/mol. The van der Waals surface area contributed by atoms with Crippen molar-refractivity contribution in [1.29, 1.82) is 0 Å². The maximum atomic E-state index is 12.4. The van der Waals surface area contributed by atoms with Gasteiger partial charge in [-0.2, -0.15) is 0 Å². The summed E-state index contributed by atoms with van der Waals surface area (Å²) in [5.41, 5.74) is 1.14. The number of carbonyl (C=O) groups is 2. The molecule has 0 saturated heterocycles. The van der Waals surface area contributed by atoms with Crippen LogP contribution in [0.15, 0.2) is 66.7 Å². The van der Waals surface area contributed by atoms with Gasteiger partial charge in [-0.3, -0.25) is 4.79 Å². The van der Waals surface area contributed by atoms with Crippen LogP contribution >= 0.6 is 0 Å². The third-order valence-electron chi connectivity index (χ3n) is 3.60. The van der Waals surface area contributed by atoms with Gasteiger partial charge in [-0.15, -0.1) is 0 Å². The van der Waals surface area contributed by atoms with Crippen LogP contribution in [0.5, 0.6) is 11.5 Å². The van der Waals surface area contributed by atoms with E-state index in [0.29, 0.717) is 24.6 Å². The third kappa shape index (κ3) is 5.48. The van der Waals surface area contributed by atoms with Crippen LogP contribution in [0, 0.1) is 0 Å². The Bertz CT molecular complexity index is 771. The lowest BCUT2D eigenvalue weighted by atomic mass is 10.2. The number of benzene rings is 2. The number of hydrogen-bond donors (Lipinski definition) is 0. The standard InChI is InChI=1S/C21H23NO4/c1-4-22(14-16(2)3)20(23)15-25-21(24)18-12-8-9-13-19(18)26-17-10-6-5-7-11-17/h5-13H,2,4,14-15H2,1,3H3. The molecular formula is C21H23NO4. The Kier molecular flexibility index (Phi) is 6.97. The fraction of sp³-hybridized carbons (Fsp3) is 0.238. The molecule has 0 aliphatic heterocycles. The molecule has 2 rings (SSSR count). The van der Waals surface area contributed by atoms with Gasteiger partial charge in [-0.1, -0.05) is 42.5 Å². The number of ether oxygens (including phenoxy) is 2. The van der Waals surface area contributed by atoms with Gasteiger partial charge < -0.3 is 14.4 Å². The lowest BCUT2D eigenvalue weighted by Crippen LogP contribution is -2.35. The summed E-state index contributed by atoms with van der Waals surface area (Å²) in [6.45, 7) is 8.16. The molecule has 0 radical (unpaired) electrons. The molecule has 0 bridgehead atoms. The van der Waals surface area contributed by atoms with Crippen LogP contribution in [0.4, 0.5) is 0 Å². The van der Waals surface area contributed by atoms with Crippen LogP contribution in [0.2, 0.25) is 0 Å². The number of hydrogen-bond acceptors (Lipinski definition) is 4. The highest BCUT2D eigenvalue weighted by Gasteiger charge is 2.18. The fourth-order valence-corrected chi connectivity index (χ4v) is 2.34. The molecule has 5 heteroatoms. The van der Waals surface area contributed by atoms with E-state index in [-0.39, 0.29) is 18.1 Å². The summed E-state index contributed by atoms with van der Waals surface area (Å²) in [6.07, 6.45) is 0. The summed E-state index contributed by atoms with van der Waals surface area (Å²) in [7, 11) is 0. The summed E-state index contributed by atoms with van der Waals surface area (Å²) >= 11 is 0. The second-order valence-corrected chi connectivity index (χ2v) is 5.85. The van der Waals surface area contributed by atoms with Crippen molar-refractivity contribution in [3.8, 4) is 11.5 Å². The number of para-hydroxylation sites is 2. The molecular weight excluding hydrogens is 330 g/mol. The van der Waals surface area contributed by atoms with Crippen LogP contribution in [-0.2, 0) is 9.53 Å². The van der Waals surface area contributed by atoms with Gasteiger partial charge in [0.25, 0.3) is 5.91 Å². The first-order chi connectivity index (χ1) is 12.5. The van der Waals surface area contributed by atoms with E-state index in [1.165, 1.54) is 0 Å². The summed E-state index contributed by atoms with van der Waals surface area (Å²) in [6, 6.07) is 15.9. The molecule has 1 amide bonds. The maximum Gasteiger partial charge on any atom is 0.342 e. The van der Waals surface area contributed by atoms with Crippen molar-refractivity contribution in [3.05, 3.63) is 72.3 Å². The van der Waals surface area contributed by atoms with Crippen molar-refractivity contribution >= 4 is 11.9 Å². The second-order valence-electron chi connectivity index (χ2n) is 5.85. The monoisotopic (exact) mass is 353 g/mol. The molecule has 2 aromatic rings. The predicted octanol–water partition coefficient (Wildman–Crippen LogP) is 4.06. The van der Waals surface area contributed by atoms with Gasteiger partial charge in [0.05, 0.1) is 0 Å². The molecule has 136 valence electrons. The Morgan fingerprint density at radius 1 is 1.04 bits per heavy atom. The quantitative estimate of drug-likeness (QED) is 0.530. The molecule has 5 nitrogen and oxygen atoms in total.